The van der Waals surface area contributed by atoms with Gasteiger partial charge in [0.05, 0.1) is 0 Å². The molecule has 2 aromatic rings. The van der Waals surface area contributed by atoms with Crippen molar-refractivity contribution in [3.63, 3.8) is 0 Å². The highest BCUT2D eigenvalue weighted by atomic mass is 16.2. The van der Waals surface area contributed by atoms with Gasteiger partial charge < -0.3 is 16.0 Å². The van der Waals surface area contributed by atoms with Gasteiger partial charge in [-0.25, -0.2) is 9.59 Å². The molecule has 0 aliphatic heterocycles. The van der Waals surface area contributed by atoms with Gasteiger partial charge in [0.2, 0.25) is 0 Å². The van der Waals surface area contributed by atoms with Crippen molar-refractivity contribution >= 4 is 23.4 Å². The molecule has 2 rings (SSSR count). The Morgan fingerprint density at radius 2 is 0.536 bits per heavy atom. The van der Waals surface area contributed by atoms with Gasteiger partial charge in [0.1, 0.15) is 0 Å². The number of hydrogen-bond donors (Lipinski definition) is 4. The highest BCUT2D eigenvalue weighted by Crippen LogP contribution is 2.16. The SMILES string of the molecule is CC#CC#CC#CC#CC#CC#CC#CC#CC#CC#CC#CC#CC#CC#CC#CC#CC#CC#CC#CC#CC#CC#CC#CC#CC#CC#CC#CNC(=O)Nc1ccc(Cc2ccc(NC(=O)NCCCCCCCC)cc2)cc1. The van der Waals surface area contributed by atoms with Crippen LogP contribution in [0, 0.1) is 320 Å². The molecular weight excluding hydrogens is 1020 g/mol. The van der Waals surface area contributed by atoms with Crippen molar-refractivity contribution in [1.29, 1.82) is 0 Å². The van der Waals surface area contributed by atoms with E-state index in [0.29, 0.717) is 18.7 Å². The quantitative estimate of drug-likeness (QED) is 0.128. The molecule has 4 N–H and O–H groups in total. The number of benzene rings is 2. The smallest absolute Gasteiger partial charge is 0.330 e. The summed E-state index contributed by atoms with van der Waals surface area (Å²) < 4.78 is 0. The van der Waals surface area contributed by atoms with Gasteiger partial charge >= 0.3 is 12.1 Å². The lowest BCUT2D eigenvalue weighted by atomic mass is 10.0. The summed E-state index contributed by atoms with van der Waals surface area (Å²) in [6.45, 7) is 4.55. The van der Waals surface area contributed by atoms with E-state index < -0.39 is 6.03 Å². The van der Waals surface area contributed by atoms with Crippen LogP contribution in [0.3, 0.4) is 0 Å². The third-order valence-electron chi connectivity index (χ3n) is 8.20. The molecule has 2 aromatic carbocycles. The summed E-state index contributed by atoms with van der Waals surface area (Å²) in [5.41, 5.74) is 3.46. The summed E-state index contributed by atoms with van der Waals surface area (Å²) >= 11 is 0. The molecule has 0 heterocycles. The molecule has 0 unspecified atom stereocenters. The molecule has 0 aliphatic rings. The first-order valence-electron chi connectivity index (χ1n) is 24.3. The van der Waals surface area contributed by atoms with Crippen LogP contribution < -0.4 is 21.3 Å². The highest BCUT2D eigenvalue weighted by Gasteiger charge is 2.04. The summed E-state index contributed by atoms with van der Waals surface area (Å²) in [6.07, 6.45) is 7.73. The zero-order valence-corrected chi connectivity index (χ0v) is 45.1. The van der Waals surface area contributed by atoms with E-state index in [9.17, 15) is 9.59 Å². The minimum atomic E-state index is -0.512. The first kappa shape index (κ1) is 65.2. The van der Waals surface area contributed by atoms with Crippen molar-refractivity contribution < 1.29 is 9.59 Å². The maximum atomic E-state index is 12.2. The van der Waals surface area contributed by atoms with Crippen molar-refractivity contribution in [2.45, 2.75) is 58.8 Å². The Morgan fingerprint density at radius 3 is 0.810 bits per heavy atom. The second-order valence-electron chi connectivity index (χ2n) is 14.2. The molecule has 6 nitrogen and oxygen atoms in total. The predicted octanol–water partition coefficient (Wildman–Crippen LogP) is 5.95. The molecule has 0 saturated heterocycles. The molecular formula is C78H34N4O2. The number of carbonyl (C=O) groups excluding carboxylic acids is 2. The normalized spacial score (nSPS) is 6.26. The van der Waals surface area contributed by atoms with Crippen molar-refractivity contribution in [3.8, 4) is 320 Å². The van der Waals surface area contributed by atoms with Crippen molar-refractivity contribution in [1.82, 2.24) is 10.6 Å². The van der Waals surface area contributed by atoms with E-state index in [4.69, 9.17) is 0 Å². The second kappa shape index (κ2) is 51.6. The largest absolute Gasteiger partial charge is 0.338 e. The van der Waals surface area contributed by atoms with Gasteiger partial charge in [0, 0.05) is 284 Å². The van der Waals surface area contributed by atoms with E-state index in [0.717, 1.165) is 29.7 Å². The second-order valence-corrected chi connectivity index (χ2v) is 14.2. The predicted molar refractivity (Wildman–Crippen MR) is 334 cm³/mol. The van der Waals surface area contributed by atoms with Crippen LogP contribution in [0.2, 0.25) is 0 Å². The average Bonchev–Trinajstić information content (AvgIpc) is 3.53. The molecule has 0 aromatic heterocycles. The van der Waals surface area contributed by atoms with Gasteiger partial charge in [-0.1, -0.05) is 69.2 Å². The molecule has 378 valence electrons. The molecule has 0 radical (unpaired) electrons. The lowest BCUT2D eigenvalue weighted by molar-refractivity contribution is 0.251. The Labute approximate surface area is 496 Å². The van der Waals surface area contributed by atoms with Crippen LogP contribution in [0.5, 0.6) is 0 Å². The van der Waals surface area contributed by atoms with E-state index in [1.54, 1.807) is 19.1 Å². The van der Waals surface area contributed by atoms with Crippen LogP contribution in [0.4, 0.5) is 21.0 Å². The standard InChI is InChI=1S/C78H34N4O2/c1-3-5-7-9-11-12-13-14-15-16-17-18-19-20-21-22-23-24-25-26-27-28-29-30-31-32-33-34-35-36-37-38-39-40-41-42-43-44-45-46-47-48-49-50-51-52-53-54-55-56-57-59-61-71-80-78(84)82-76-68-64-74(65-69-76)72-73-62-66-75(67-63-73)81-77(83)79-70-60-58-10-8-6-4-2/h62-69H,4,6,8,10,58,60,70,72H2,1-2H3,(H2,79,81,83)(H2,80,82,84). The van der Waals surface area contributed by atoms with Crippen LogP contribution >= 0.6 is 0 Å². The van der Waals surface area contributed by atoms with E-state index in [1.807, 2.05) is 36.4 Å². The topological polar surface area (TPSA) is 82.3 Å². The number of nitrogens with one attached hydrogen (secondary N) is 4. The number of hydrogen-bond acceptors (Lipinski definition) is 2. The average molecular weight is 1060 g/mol. The van der Waals surface area contributed by atoms with E-state index in [-0.39, 0.29) is 6.03 Å². The van der Waals surface area contributed by atoms with Crippen molar-refractivity contribution in [2.75, 3.05) is 17.2 Å². The monoisotopic (exact) mass is 1060 g/mol. The van der Waals surface area contributed by atoms with Gasteiger partial charge in [0.25, 0.3) is 0 Å². The Bertz CT molecular complexity index is 4720. The number of carbonyl (C=O) groups is 2. The zero-order valence-electron chi connectivity index (χ0n) is 45.1. The van der Waals surface area contributed by atoms with Gasteiger partial charge in [-0.3, -0.25) is 5.32 Å². The molecule has 0 saturated carbocycles. The number of amides is 4. The highest BCUT2D eigenvalue weighted by molar-refractivity contribution is 5.90. The third kappa shape index (κ3) is 43.5. The fraction of sp³-hybridized carbons (Fsp3) is 0.128. The van der Waals surface area contributed by atoms with Crippen LogP contribution in [0.1, 0.15) is 63.5 Å². The van der Waals surface area contributed by atoms with E-state index in [2.05, 4.69) is 348 Å². The summed E-state index contributed by atoms with van der Waals surface area (Å²) in [7, 11) is 0. The number of rotatable bonds is 11. The summed E-state index contributed by atoms with van der Waals surface area (Å²) in [6, 6.07) is 16.9. The van der Waals surface area contributed by atoms with Crippen LogP contribution in [0.25, 0.3) is 0 Å². The van der Waals surface area contributed by atoms with Gasteiger partial charge in [-0.15, -0.1) is 0 Å². The van der Waals surface area contributed by atoms with Gasteiger partial charge in [-0.2, -0.15) is 0 Å². The first-order chi connectivity index (χ1) is 41.6. The molecule has 0 aliphatic carbocycles. The molecule has 0 atom stereocenters. The van der Waals surface area contributed by atoms with Gasteiger partial charge in [0.15, 0.2) is 0 Å². The molecule has 0 spiro atoms. The Balaban J connectivity index is 1.63. The number of urea groups is 2. The summed E-state index contributed by atoms with van der Waals surface area (Å²) in [4.78, 5) is 24.4. The van der Waals surface area contributed by atoms with E-state index in [1.165, 1.54) is 25.7 Å². The molecule has 0 bridgehead atoms. The van der Waals surface area contributed by atoms with Crippen LogP contribution in [0.15, 0.2) is 48.5 Å². The lowest BCUT2D eigenvalue weighted by Gasteiger charge is -2.09. The van der Waals surface area contributed by atoms with Crippen LogP contribution in [-0.4, -0.2) is 18.6 Å². The molecule has 84 heavy (non-hydrogen) atoms. The lowest BCUT2D eigenvalue weighted by Crippen LogP contribution is -2.29. The molecule has 6 heteroatoms. The van der Waals surface area contributed by atoms with Crippen molar-refractivity contribution in [3.05, 3.63) is 59.7 Å². The Hall–Kier alpha value is -14.9. The van der Waals surface area contributed by atoms with Gasteiger partial charge in [-0.05, 0) is 103 Å². The zero-order chi connectivity index (χ0) is 59.8. The summed E-state index contributed by atoms with van der Waals surface area (Å²) in [5, 5.41) is 10.9. The first-order valence-corrected chi connectivity index (χ1v) is 24.3. The van der Waals surface area contributed by atoms with E-state index >= 15 is 0 Å². The fourth-order valence-corrected chi connectivity index (χ4v) is 4.84. The summed E-state index contributed by atoms with van der Waals surface area (Å²) in [5.74, 6) is 133. The molecule has 4 amide bonds. The minimum absolute atomic E-state index is 0.201. The number of anilines is 2. The Kier molecular flexibility index (Phi) is 40.0. The van der Waals surface area contributed by atoms with Crippen LogP contribution in [-0.2, 0) is 6.42 Å². The third-order valence-corrected chi connectivity index (χ3v) is 8.20. The maximum Gasteiger partial charge on any atom is 0.330 e. The molecule has 0 fully saturated rings. The fourth-order valence-electron chi connectivity index (χ4n) is 4.84. The van der Waals surface area contributed by atoms with Crippen molar-refractivity contribution in [2.24, 2.45) is 0 Å². The number of unbranched alkanes of at least 4 members (excludes halogenated alkanes) is 5. The minimum Gasteiger partial charge on any atom is -0.338 e. The maximum absolute atomic E-state index is 12.2. The Morgan fingerprint density at radius 1 is 0.298 bits per heavy atom.